The number of hydrazine groups is 1. The first-order valence-corrected chi connectivity index (χ1v) is 5.94. The Kier molecular flexibility index (Phi) is 6.33. The molecule has 1 unspecified atom stereocenters. The Balaban J connectivity index is 2.54. The van der Waals surface area contributed by atoms with Crippen LogP contribution in [0, 0.1) is 0 Å². The summed E-state index contributed by atoms with van der Waals surface area (Å²) in [5, 5.41) is 5.13. The molecule has 1 atom stereocenters. The Morgan fingerprint density at radius 1 is 1.45 bits per heavy atom. The molecule has 20 heavy (non-hydrogen) atoms. The number of nitrogens with two attached hydrogens (primary N) is 1. The van der Waals surface area contributed by atoms with E-state index in [0.717, 1.165) is 0 Å². The van der Waals surface area contributed by atoms with Gasteiger partial charge >= 0.3 is 0 Å². The van der Waals surface area contributed by atoms with Crippen molar-refractivity contribution in [3.05, 3.63) is 18.1 Å². The van der Waals surface area contributed by atoms with Crippen LogP contribution in [0.4, 0.5) is 5.82 Å². The Morgan fingerprint density at radius 3 is 2.85 bits per heavy atom. The van der Waals surface area contributed by atoms with Gasteiger partial charge in [0.2, 0.25) is 5.91 Å². The smallest absolute Gasteiger partial charge is 0.272 e. The largest absolute Gasteiger partial charge is 0.383 e. The minimum absolute atomic E-state index is 0.0667. The molecule has 0 aromatic carbocycles. The number of aromatic nitrogens is 2. The van der Waals surface area contributed by atoms with Crippen LogP contribution in [0.2, 0.25) is 0 Å². The third-order valence-electron chi connectivity index (χ3n) is 2.36. The zero-order valence-electron chi connectivity index (χ0n) is 11.3. The topological polar surface area (TPSA) is 131 Å². The van der Waals surface area contributed by atoms with Gasteiger partial charge in [-0.25, -0.2) is 10.8 Å². The quantitative estimate of drug-likeness (QED) is 0.276. The van der Waals surface area contributed by atoms with Gasteiger partial charge in [-0.1, -0.05) is 0 Å². The zero-order valence-corrected chi connectivity index (χ0v) is 11.3. The first kappa shape index (κ1) is 15.8. The molecule has 0 aliphatic carbocycles. The van der Waals surface area contributed by atoms with Crippen LogP contribution >= 0.6 is 0 Å². The maximum absolute atomic E-state index is 11.9. The van der Waals surface area contributed by atoms with Gasteiger partial charge in [-0.05, 0) is 6.92 Å². The third kappa shape index (κ3) is 4.78. The minimum atomic E-state index is -0.698. The summed E-state index contributed by atoms with van der Waals surface area (Å²) in [7, 11) is 1.54. The zero-order chi connectivity index (χ0) is 15.0. The van der Waals surface area contributed by atoms with Crippen molar-refractivity contribution in [1.29, 1.82) is 0 Å². The Bertz CT molecular complexity index is 467. The molecule has 0 saturated heterocycles. The second-order valence-electron chi connectivity index (χ2n) is 3.91. The molecular formula is C11H18N6O3. The predicted octanol–water partition coefficient (Wildman–Crippen LogP) is -1.36. The molecule has 5 N–H and O–H groups in total. The average Bonchev–Trinajstić information content (AvgIpc) is 2.47. The highest BCUT2D eigenvalue weighted by Gasteiger charge is 2.17. The molecule has 2 amide bonds. The van der Waals surface area contributed by atoms with E-state index in [1.165, 1.54) is 19.5 Å². The lowest BCUT2D eigenvalue weighted by Gasteiger charge is -2.13. The number of methoxy groups -OCH3 is 1. The normalized spacial score (nSPS) is 11.6. The molecular weight excluding hydrogens is 264 g/mol. The standard InChI is InChI=1S/C11H18N6O3/c1-7(10(18)14-3-4-20-2)15-11(19)8-5-13-6-9(16-8)17-12/h5-7H,3-4,12H2,1-2H3,(H,14,18)(H,15,19)(H,16,17). The number of rotatable bonds is 7. The summed E-state index contributed by atoms with van der Waals surface area (Å²) >= 11 is 0. The van der Waals surface area contributed by atoms with Crippen LogP contribution in [-0.4, -0.2) is 48.1 Å². The molecule has 0 saturated carbocycles. The summed E-state index contributed by atoms with van der Waals surface area (Å²) in [5.74, 6) is 4.62. The van der Waals surface area contributed by atoms with Gasteiger partial charge in [0.1, 0.15) is 11.7 Å². The highest BCUT2D eigenvalue weighted by atomic mass is 16.5. The van der Waals surface area contributed by atoms with Crippen LogP contribution in [-0.2, 0) is 9.53 Å². The van der Waals surface area contributed by atoms with E-state index in [1.54, 1.807) is 6.92 Å². The molecule has 1 heterocycles. The number of anilines is 1. The number of ether oxygens (including phenoxy) is 1. The summed E-state index contributed by atoms with van der Waals surface area (Å²) in [6.07, 6.45) is 2.66. The van der Waals surface area contributed by atoms with Crippen molar-refractivity contribution in [2.75, 3.05) is 25.7 Å². The molecule has 0 aliphatic heterocycles. The molecule has 0 fully saturated rings. The van der Waals surface area contributed by atoms with E-state index >= 15 is 0 Å². The van der Waals surface area contributed by atoms with Crippen molar-refractivity contribution in [2.24, 2.45) is 5.84 Å². The second kappa shape index (κ2) is 8.02. The molecule has 1 rings (SSSR count). The van der Waals surface area contributed by atoms with E-state index in [2.05, 4.69) is 26.0 Å². The minimum Gasteiger partial charge on any atom is -0.383 e. The van der Waals surface area contributed by atoms with Crippen LogP contribution in [0.15, 0.2) is 12.4 Å². The summed E-state index contributed by atoms with van der Waals surface area (Å²) in [6.45, 7) is 2.35. The van der Waals surface area contributed by atoms with Crippen molar-refractivity contribution in [3.63, 3.8) is 0 Å². The van der Waals surface area contributed by atoms with Crippen molar-refractivity contribution in [3.8, 4) is 0 Å². The summed E-state index contributed by atoms with van der Waals surface area (Å²) < 4.78 is 4.81. The number of amides is 2. The number of hydrogen-bond acceptors (Lipinski definition) is 7. The molecule has 0 spiro atoms. The molecule has 0 bridgehead atoms. The number of hydrogen-bond donors (Lipinski definition) is 4. The Morgan fingerprint density at radius 2 is 2.20 bits per heavy atom. The fourth-order valence-electron chi connectivity index (χ4n) is 1.31. The van der Waals surface area contributed by atoms with Gasteiger partial charge in [0, 0.05) is 13.7 Å². The summed E-state index contributed by atoms with van der Waals surface area (Å²) in [6, 6.07) is -0.698. The van der Waals surface area contributed by atoms with Crippen molar-refractivity contribution < 1.29 is 14.3 Å². The predicted molar refractivity (Wildman–Crippen MR) is 71.7 cm³/mol. The fraction of sp³-hybridized carbons (Fsp3) is 0.455. The molecule has 9 heteroatoms. The molecule has 0 radical (unpaired) electrons. The highest BCUT2D eigenvalue weighted by molar-refractivity contribution is 5.95. The van der Waals surface area contributed by atoms with Crippen LogP contribution in [0.3, 0.4) is 0 Å². The van der Waals surface area contributed by atoms with Crippen molar-refractivity contribution >= 4 is 17.6 Å². The average molecular weight is 282 g/mol. The van der Waals surface area contributed by atoms with E-state index in [0.29, 0.717) is 13.2 Å². The number of nitrogens with one attached hydrogen (secondary N) is 3. The third-order valence-corrected chi connectivity index (χ3v) is 2.36. The molecule has 1 aromatic rings. The van der Waals surface area contributed by atoms with Crippen LogP contribution in [0.25, 0.3) is 0 Å². The number of carbonyl (C=O) groups is 2. The molecule has 0 aliphatic rings. The van der Waals surface area contributed by atoms with Gasteiger partial charge in [-0.3, -0.25) is 14.6 Å². The van der Waals surface area contributed by atoms with Gasteiger partial charge < -0.3 is 20.8 Å². The van der Waals surface area contributed by atoms with Gasteiger partial charge in [0.25, 0.3) is 5.91 Å². The van der Waals surface area contributed by atoms with Gasteiger partial charge in [-0.2, -0.15) is 0 Å². The maximum atomic E-state index is 11.9. The van der Waals surface area contributed by atoms with E-state index in [1.807, 2.05) is 0 Å². The number of nitrogens with zero attached hydrogens (tertiary/aromatic N) is 2. The monoisotopic (exact) mass is 282 g/mol. The first-order chi connectivity index (χ1) is 9.58. The Labute approximate surface area is 116 Å². The lowest BCUT2D eigenvalue weighted by molar-refractivity contribution is -0.122. The Hall–Kier alpha value is -2.26. The van der Waals surface area contributed by atoms with Crippen molar-refractivity contribution in [2.45, 2.75) is 13.0 Å². The van der Waals surface area contributed by atoms with Crippen LogP contribution < -0.4 is 21.9 Å². The van der Waals surface area contributed by atoms with Crippen LogP contribution in [0.1, 0.15) is 17.4 Å². The number of nitrogen functional groups attached to an aromatic ring is 1. The van der Waals surface area contributed by atoms with Crippen LogP contribution in [0.5, 0.6) is 0 Å². The molecule has 9 nitrogen and oxygen atoms in total. The van der Waals surface area contributed by atoms with E-state index in [-0.39, 0.29) is 17.4 Å². The van der Waals surface area contributed by atoms with E-state index < -0.39 is 11.9 Å². The summed E-state index contributed by atoms with van der Waals surface area (Å²) in [5.41, 5.74) is 2.35. The molecule has 110 valence electrons. The van der Waals surface area contributed by atoms with E-state index in [9.17, 15) is 9.59 Å². The highest BCUT2D eigenvalue weighted by Crippen LogP contribution is 2.00. The van der Waals surface area contributed by atoms with Gasteiger partial charge in [0.15, 0.2) is 5.82 Å². The first-order valence-electron chi connectivity index (χ1n) is 5.94. The molecule has 1 aromatic heterocycles. The SMILES string of the molecule is COCCNC(=O)C(C)NC(=O)c1cncc(NN)n1. The van der Waals surface area contributed by atoms with Crippen molar-refractivity contribution in [1.82, 2.24) is 20.6 Å². The lowest BCUT2D eigenvalue weighted by Crippen LogP contribution is -2.45. The number of carbonyl (C=O) groups excluding carboxylic acids is 2. The summed E-state index contributed by atoms with van der Waals surface area (Å²) in [4.78, 5) is 31.3. The van der Waals surface area contributed by atoms with Gasteiger partial charge in [-0.15, -0.1) is 0 Å². The van der Waals surface area contributed by atoms with Gasteiger partial charge in [0.05, 0.1) is 19.0 Å². The lowest BCUT2D eigenvalue weighted by atomic mass is 10.3. The second-order valence-corrected chi connectivity index (χ2v) is 3.91. The maximum Gasteiger partial charge on any atom is 0.272 e. The van der Waals surface area contributed by atoms with E-state index in [4.69, 9.17) is 10.6 Å². The fourth-order valence-corrected chi connectivity index (χ4v) is 1.31.